The van der Waals surface area contributed by atoms with E-state index in [9.17, 15) is 0 Å². The van der Waals surface area contributed by atoms with Crippen LogP contribution in [0, 0.1) is 3.57 Å². The van der Waals surface area contributed by atoms with Crippen molar-refractivity contribution in [2.24, 2.45) is 5.16 Å². The maximum absolute atomic E-state index is 8.13. The molecule has 1 aromatic heterocycles. The molecular weight excluding hydrogens is 249 g/mol. The highest BCUT2D eigenvalue weighted by Crippen LogP contribution is 2.14. The minimum atomic E-state index is 0.975. The Balaban J connectivity index is 2.94. The van der Waals surface area contributed by atoms with Crippen LogP contribution in [0.3, 0.4) is 0 Å². The smallest absolute Gasteiger partial charge is 0.0752 e. The summed E-state index contributed by atoms with van der Waals surface area (Å²) in [4.78, 5) is 0. The molecule has 0 saturated heterocycles. The van der Waals surface area contributed by atoms with E-state index in [1.165, 1.54) is 6.21 Å². The molecule has 0 aliphatic carbocycles. The van der Waals surface area contributed by atoms with Gasteiger partial charge in [-0.05, 0) is 22.6 Å². The lowest BCUT2D eigenvalue weighted by atomic mass is 10.4. The van der Waals surface area contributed by atoms with Gasteiger partial charge >= 0.3 is 0 Å². The van der Waals surface area contributed by atoms with Crippen molar-refractivity contribution in [3.63, 3.8) is 0 Å². The molecule has 1 rings (SSSR count). The zero-order chi connectivity index (χ0) is 6.69. The summed E-state index contributed by atoms with van der Waals surface area (Å²) in [6.07, 6.45) is 1.43. The molecule has 0 bridgehead atoms. The Morgan fingerprint density at radius 2 is 2.44 bits per heavy atom. The molecule has 2 nitrogen and oxygen atoms in total. The summed E-state index contributed by atoms with van der Waals surface area (Å²) >= 11 is 3.78. The fraction of sp³-hybridized carbons (Fsp3) is 0. The van der Waals surface area contributed by atoms with Gasteiger partial charge in [0.2, 0.25) is 0 Å². The number of halogens is 1. The first-order valence-corrected chi connectivity index (χ1v) is 4.26. The highest BCUT2D eigenvalue weighted by atomic mass is 127. The second-order valence-electron chi connectivity index (χ2n) is 1.42. The van der Waals surface area contributed by atoms with Crippen LogP contribution >= 0.6 is 33.9 Å². The van der Waals surface area contributed by atoms with Crippen molar-refractivity contribution < 1.29 is 5.21 Å². The molecule has 1 aromatic rings. The van der Waals surface area contributed by atoms with Crippen molar-refractivity contribution in [3.8, 4) is 0 Å². The van der Waals surface area contributed by atoms with Crippen LogP contribution in [0.1, 0.15) is 5.56 Å². The molecule has 0 aromatic carbocycles. The van der Waals surface area contributed by atoms with Crippen LogP contribution < -0.4 is 0 Å². The van der Waals surface area contributed by atoms with Gasteiger partial charge < -0.3 is 5.21 Å². The topological polar surface area (TPSA) is 32.6 Å². The van der Waals surface area contributed by atoms with Gasteiger partial charge in [-0.25, -0.2) is 0 Å². The fourth-order valence-electron chi connectivity index (χ4n) is 0.446. The van der Waals surface area contributed by atoms with Gasteiger partial charge in [-0.15, -0.1) is 0 Å². The van der Waals surface area contributed by atoms with Crippen molar-refractivity contribution in [2.45, 2.75) is 0 Å². The average Bonchev–Trinajstić information content (AvgIpc) is 2.18. The highest BCUT2D eigenvalue weighted by molar-refractivity contribution is 14.1. The van der Waals surface area contributed by atoms with Crippen molar-refractivity contribution >= 4 is 40.1 Å². The van der Waals surface area contributed by atoms with E-state index in [0.29, 0.717) is 0 Å². The lowest BCUT2D eigenvalue weighted by Crippen LogP contribution is -1.77. The molecule has 0 spiro atoms. The van der Waals surface area contributed by atoms with E-state index in [2.05, 4.69) is 27.7 Å². The van der Waals surface area contributed by atoms with Gasteiger partial charge in [0, 0.05) is 19.9 Å². The van der Waals surface area contributed by atoms with Gasteiger partial charge in [-0.3, -0.25) is 0 Å². The van der Waals surface area contributed by atoms with Crippen LogP contribution in [0.4, 0.5) is 0 Å². The third kappa shape index (κ3) is 1.65. The van der Waals surface area contributed by atoms with Crippen LogP contribution in [0.25, 0.3) is 0 Å². The number of rotatable bonds is 1. The van der Waals surface area contributed by atoms with E-state index in [1.807, 2.05) is 10.8 Å². The van der Waals surface area contributed by atoms with Crippen molar-refractivity contribution in [2.75, 3.05) is 0 Å². The van der Waals surface area contributed by atoms with E-state index in [-0.39, 0.29) is 0 Å². The summed E-state index contributed by atoms with van der Waals surface area (Å²) in [6, 6.07) is 0. The Hall–Kier alpha value is -0.100. The standard InChI is InChI=1S/C5H4INOS/c6-5-3-9-2-4(5)1-7-8/h1-3,8H/b7-1+. The first kappa shape index (κ1) is 7.01. The van der Waals surface area contributed by atoms with Crippen molar-refractivity contribution in [1.82, 2.24) is 0 Å². The van der Waals surface area contributed by atoms with E-state index in [0.717, 1.165) is 9.13 Å². The van der Waals surface area contributed by atoms with Gasteiger partial charge in [0.15, 0.2) is 0 Å². The molecule has 4 heteroatoms. The summed E-state index contributed by atoms with van der Waals surface area (Å²) < 4.78 is 1.12. The van der Waals surface area contributed by atoms with Gasteiger partial charge in [0.05, 0.1) is 6.21 Å². The molecule has 0 unspecified atom stereocenters. The molecule has 9 heavy (non-hydrogen) atoms. The van der Waals surface area contributed by atoms with E-state index in [1.54, 1.807) is 11.3 Å². The van der Waals surface area contributed by atoms with Crippen molar-refractivity contribution in [1.29, 1.82) is 0 Å². The summed E-state index contributed by atoms with van der Waals surface area (Å²) in [6.45, 7) is 0. The van der Waals surface area contributed by atoms with Gasteiger partial charge in [-0.1, -0.05) is 5.16 Å². The summed E-state index contributed by atoms with van der Waals surface area (Å²) in [5, 5.41) is 15.0. The largest absolute Gasteiger partial charge is 0.411 e. The maximum Gasteiger partial charge on any atom is 0.0752 e. The Morgan fingerprint density at radius 3 is 2.89 bits per heavy atom. The van der Waals surface area contributed by atoms with E-state index < -0.39 is 0 Å². The molecule has 1 heterocycles. The zero-order valence-electron chi connectivity index (χ0n) is 4.41. The van der Waals surface area contributed by atoms with Gasteiger partial charge in [0.1, 0.15) is 0 Å². The Bertz CT molecular complexity index is 220. The third-order valence-electron chi connectivity index (χ3n) is 0.839. The summed E-state index contributed by atoms with van der Waals surface area (Å²) in [7, 11) is 0. The number of hydrogen-bond acceptors (Lipinski definition) is 3. The fourth-order valence-corrected chi connectivity index (χ4v) is 2.05. The summed E-state index contributed by atoms with van der Waals surface area (Å²) in [5.41, 5.74) is 0.975. The molecule has 0 saturated carbocycles. The third-order valence-corrected chi connectivity index (χ3v) is 2.96. The minimum Gasteiger partial charge on any atom is -0.411 e. The predicted octanol–water partition coefficient (Wildman–Crippen LogP) is 2.16. The average molecular weight is 253 g/mol. The summed E-state index contributed by atoms with van der Waals surface area (Å²) in [5.74, 6) is 0. The van der Waals surface area contributed by atoms with Crippen molar-refractivity contribution in [3.05, 3.63) is 19.9 Å². The normalized spacial score (nSPS) is 10.8. The lowest BCUT2D eigenvalue weighted by molar-refractivity contribution is 0.322. The van der Waals surface area contributed by atoms with Crippen LogP contribution in [-0.4, -0.2) is 11.4 Å². The van der Waals surface area contributed by atoms with Crippen LogP contribution in [0.2, 0.25) is 0 Å². The quantitative estimate of drug-likeness (QED) is 0.353. The van der Waals surface area contributed by atoms with Gasteiger partial charge in [0.25, 0.3) is 0 Å². The minimum absolute atomic E-state index is 0.975. The number of nitrogens with zero attached hydrogens (tertiary/aromatic N) is 1. The maximum atomic E-state index is 8.13. The first-order valence-electron chi connectivity index (χ1n) is 2.23. The molecule has 0 fully saturated rings. The SMILES string of the molecule is O/N=C/c1cscc1I. The number of oxime groups is 1. The Morgan fingerprint density at radius 1 is 1.67 bits per heavy atom. The van der Waals surface area contributed by atoms with E-state index in [4.69, 9.17) is 5.21 Å². The lowest BCUT2D eigenvalue weighted by Gasteiger charge is -1.81. The van der Waals surface area contributed by atoms with Crippen LogP contribution in [0.5, 0.6) is 0 Å². The zero-order valence-corrected chi connectivity index (χ0v) is 7.39. The van der Waals surface area contributed by atoms with E-state index >= 15 is 0 Å². The molecule has 48 valence electrons. The second kappa shape index (κ2) is 3.17. The molecule has 0 atom stereocenters. The van der Waals surface area contributed by atoms with Crippen LogP contribution in [-0.2, 0) is 0 Å². The number of hydrogen-bond donors (Lipinski definition) is 1. The molecule has 0 radical (unpaired) electrons. The Kier molecular flexibility index (Phi) is 2.47. The number of thiophene rings is 1. The molecule has 1 N–H and O–H groups in total. The Labute approximate surface area is 70.3 Å². The van der Waals surface area contributed by atoms with Crippen LogP contribution in [0.15, 0.2) is 15.9 Å². The molecule has 0 aliphatic heterocycles. The molecule has 0 amide bonds. The monoisotopic (exact) mass is 253 g/mol. The highest BCUT2D eigenvalue weighted by Gasteiger charge is 1.94. The van der Waals surface area contributed by atoms with Gasteiger partial charge in [-0.2, -0.15) is 11.3 Å². The first-order chi connectivity index (χ1) is 4.34. The predicted molar refractivity (Wildman–Crippen MR) is 46.4 cm³/mol. The molecule has 0 aliphatic rings. The molecular formula is C5H4INOS. The second-order valence-corrected chi connectivity index (χ2v) is 3.33.